The highest BCUT2D eigenvalue weighted by Crippen LogP contribution is 2.26. The van der Waals surface area contributed by atoms with E-state index in [4.69, 9.17) is 14.7 Å². The molecule has 1 atom stereocenters. The number of nitrogens with one attached hydrogen (secondary N) is 3. The quantitative estimate of drug-likeness (QED) is 0.364. The van der Waals surface area contributed by atoms with Gasteiger partial charge in [-0.15, -0.1) is 0 Å². The lowest BCUT2D eigenvalue weighted by molar-refractivity contribution is -0.128. The van der Waals surface area contributed by atoms with Crippen LogP contribution in [0.4, 0.5) is 11.8 Å². The Balaban J connectivity index is 1.33. The fourth-order valence-electron chi connectivity index (χ4n) is 5.07. The molecule has 4 rings (SSSR count). The van der Waals surface area contributed by atoms with Crippen LogP contribution >= 0.6 is 0 Å². The van der Waals surface area contributed by atoms with Crippen molar-refractivity contribution in [3.8, 4) is 5.75 Å². The van der Waals surface area contributed by atoms with E-state index in [1.54, 1.807) is 0 Å². The van der Waals surface area contributed by atoms with Crippen LogP contribution in [0.15, 0.2) is 48.5 Å². The monoisotopic (exact) mass is 546 g/mol. The molecule has 1 fully saturated rings. The van der Waals surface area contributed by atoms with Gasteiger partial charge in [0.2, 0.25) is 17.8 Å². The Morgan fingerprint density at radius 3 is 2.25 bits per heavy atom. The fraction of sp³-hybridized carbons (Fsp3) is 0.484. The number of para-hydroxylation sites is 1. The van der Waals surface area contributed by atoms with Gasteiger partial charge in [-0.2, -0.15) is 4.98 Å². The summed E-state index contributed by atoms with van der Waals surface area (Å²) >= 11 is 0. The minimum absolute atomic E-state index is 0.0548. The van der Waals surface area contributed by atoms with Crippen LogP contribution in [-0.4, -0.2) is 59.6 Å². The molecule has 1 heterocycles. The third-order valence-electron chi connectivity index (χ3n) is 6.89. The summed E-state index contributed by atoms with van der Waals surface area (Å²) in [5.41, 5.74) is 1.58. The van der Waals surface area contributed by atoms with Crippen LogP contribution in [-0.2, 0) is 16.0 Å². The largest absolute Gasteiger partial charge is 0.488 e. The first-order valence-corrected chi connectivity index (χ1v) is 14.0. The van der Waals surface area contributed by atoms with Crippen molar-refractivity contribution in [2.24, 2.45) is 0 Å². The normalized spacial score (nSPS) is 18.1. The first-order valence-electron chi connectivity index (χ1n) is 14.0. The molecule has 9 nitrogen and oxygen atoms in total. The molecule has 2 amide bonds. The number of ether oxygens (including phenoxy) is 1. The van der Waals surface area contributed by atoms with Gasteiger partial charge in [-0.05, 0) is 76.3 Å². The third kappa shape index (κ3) is 8.07. The van der Waals surface area contributed by atoms with E-state index >= 15 is 0 Å². The van der Waals surface area contributed by atoms with E-state index in [1.165, 1.54) is 6.92 Å². The second-order valence-corrected chi connectivity index (χ2v) is 11.8. The van der Waals surface area contributed by atoms with Crippen molar-refractivity contribution < 1.29 is 14.3 Å². The van der Waals surface area contributed by atoms with E-state index in [2.05, 4.69) is 16.0 Å². The van der Waals surface area contributed by atoms with Crippen LogP contribution in [0.5, 0.6) is 5.75 Å². The highest BCUT2D eigenvalue weighted by atomic mass is 16.5. The van der Waals surface area contributed by atoms with Gasteiger partial charge in [0.1, 0.15) is 23.2 Å². The summed E-state index contributed by atoms with van der Waals surface area (Å²) in [4.78, 5) is 36.6. The van der Waals surface area contributed by atoms with E-state index in [1.807, 2.05) is 88.3 Å². The van der Waals surface area contributed by atoms with Crippen LogP contribution in [0.1, 0.15) is 58.9 Å². The van der Waals surface area contributed by atoms with Gasteiger partial charge in [0.05, 0.1) is 5.52 Å². The van der Waals surface area contributed by atoms with Crippen LogP contribution in [0, 0.1) is 0 Å². The molecule has 40 heavy (non-hydrogen) atoms. The number of aromatic nitrogens is 2. The molecule has 0 aliphatic heterocycles. The number of anilines is 2. The fourth-order valence-corrected chi connectivity index (χ4v) is 5.07. The Morgan fingerprint density at radius 1 is 0.975 bits per heavy atom. The van der Waals surface area contributed by atoms with E-state index < -0.39 is 6.04 Å². The second kappa shape index (κ2) is 12.5. The summed E-state index contributed by atoms with van der Waals surface area (Å²) in [5.74, 6) is 1.89. The third-order valence-corrected chi connectivity index (χ3v) is 6.89. The van der Waals surface area contributed by atoms with Gasteiger partial charge in [0.25, 0.3) is 0 Å². The molecule has 1 aliphatic carbocycles. The van der Waals surface area contributed by atoms with E-state index in [0.29, 0.717) is 12.4 Å². The molecule has 3 aromatic rings. The molecule has 3 N–H and O–H groups in total. The molecule has 9 heteroatoms. The number of benzene rings is 2. The van der Waals surface area contributed by atoms with Gasteiger partial charge in [-0.25, -0.2) is 4.98 Å². The summed E-state index contributed by atoms with van der Waals surface area (Å²) in [6.07, 6.45) is 3.86. The zero-order valence-electron chi connectivity index (χ0n) is 24.5. The number of hydrogen-bond acceptors (Lipinski definition) is 7. The van der Waals surface area contributed by atoms with Gasteiger partial charge in [0, 0.05) is 44.9 Å². The molecule has 0 unspecified atom stereocenters. The molecule has 2 aromatic carbocycles. The number of nitrogens with zero attached hydrogens (tertiary/aromatic N) is 3. The molecule has 1 aliphatic rings. The Kier molecular flexibility index (Phi) is 9.12. The average Bonchev–Trinajstić information content (AvgIpc) is 2.89. The molecule has 0 bridgehead atoms. The van der Waals surface area contributed by atoms with Crippen LogP contribution in [0.3, 0.4) is 0 Å². The lowest BCUT2D eigenvalue weighted by Gasteiger charge is -2.31. The smallest absolute Gasteiger partial charge is 0.243 e. The molecule has 0 saturated heterocycles. The standard InChI is InChI=1S/C31H42N6O3/c1-20(38)32-27(19-21-11-17-24(18-12-21)40-31(2,3)4)29(39)33-22-13-15-23(16-14-22)34-30-35-26-10-8-7-9-25(26)28(36-30)37(5)6/h7-12,17-18,22-23,27H,13-16,19H2,1-6H3,(H,32,38)(H,33,39)(H,34,35,36)/t22?,23?,27-/m0/s1. The van der Waals surface area contributed by atoms with E-state index in [0.717, 1.165) is 53.7 Å². The molecular formula is C31H42N6O3. The van der Waals surface area contributed by atoms with Crippen molar-refractivity contribution in [2.45, 2.75) is 83.5 Å². The summed E-state index contributed by atoms with van der Waals surface area (Å²) in [7, 11) is 3.97. The Morgan fingerprint density at radius 2 is 1.62 bits per heavy atom. The molecule has 1 saturated carbocycles. The predicted molar refractivity (Wildman–Crippen MR) is 160 cm³/mol. The molecule has 0 spiro atoms. The maximum atomic E-state index is 13.2. The van der Waals surface area contributed by atoms with Crippen molar-refractivity contribution in [3.63, 3.8) is 0 Å². The van der Waals surface area contributed by atoms with Gasteiger partial charge >= 0.3 is 0 Å². The topological polar surface area (TPSA) is 108 Å². The summed E-state index contributed by atoms with van der Waals surface area (Å²) in [6, 6.07) is 15.3. The first kappa shape index (κ1) is 29.1. The summed E-state index contributed by atoms with van der Waals surface area (Å²) < 4.78 is 5.89. The Labute approximate surface area is 237 Å². The molecular weight excluding hydrogens is 504 g/mol. The number of amides is 2. The van der Waals surface area contributed by atoms with Gasteiger partial charge < -0.3 is 25.6 Å². The van der Waals surface area contributed by atoms with Gasteiger partial charge in [0.15, 0.2) is 0 Å². The van der Waals surface area contributed by atoms with Crippen LogP contribution in [0.2, 0.25) is 0 Å². The van der Waals surface area contributed by atoms with Gasteiger partial charge in [-0.1, -0.05) is 24.3 Å². The van der Waals surface area contributed by atoms with Crippen molar-refractivity contribution in [3.05, 3.63) is 54.1 Å². The highest BCUT2D eigenvalue weighted by molar-refractivity contribution is 5.90. The highest BCUT2D eigenvalue weighted by Gasteiger charge is 2.27. The summed E-state index contributed by atoms with van der Waals surface area (Å²) in [5, 5.41) is 10.5. The maximum Gasteiger partial charge on any atom is 0.243 e. The van der Waals surface area contributed by atoms with Crippen LogP contribution < -0.4 is 25.6 Å². The lowest BCUT2D eigenvalue weighted by Crippen LogP contribution is -2.51. The molecule has 214 valence electrons. The summed E-state index contributed by atoms with van der Waals surface area (Å²) in [6.45, 7) is 7.44. The van der Waals surface area contributed by atoms with Crippen LogP contribution in [0.25, 0.3) is 10.9 Å². The first-order chi connectivity index (χ1) is 19.0. The number of rotatable bonds is 9. The van der Waals surface area contributed by atoms with E-state index in [-0.39, 0.29) is 29.5 Å². The minimum Gasteiger partial charge on any atom is -0.488 e. The number of carbonyl (C=O) groups is 2. The SMILES string of the molecule is CC(=O)N[C@@H](Cc1ccc(OC(C)(C)C)cc1)C(=O)NC1CCC(Nc2nc(N(C)C)c3ccccc3n2)CC1. The maximum absolute atomic E-state index is 13.2. The average molecular weight is 547 g/mol. The second-order valence-electron chi connectivity index (χ2n) is 11.8. The zero-order valence-corrected chi connectivity index (χ0v) is 24.5. The van der Waals surface area contributed by atoms with Crippen molar-refractivity contribution in [2.75, 3.05) is 24.3 Å². The van der Waals surface area contributed by atoms with Crippen molar-refractivity contribution in [1.82, 2.24) is 20.6 Å². The number of fused-ring (bicyclic) bond motifs is 1. The minimum atomic E-state index is -0.641. The van der Waals surface area contributed by atoms with Crippen molar-refractivity contribution >= 4 is 34.5 Å². The lowest BCUT2D eigenvalue weighted by atomic mass is 9.91. The predicted octanol–water partition coefficient (Wildman–Crippen LogP) is 4.46. The van der Waals surface area contributed by atoms with Crippen molar-refractivity contribution in [1.29, 1.82) is 0 Å². The van der Waals surface area contributed by atoms with E-state index in [9.17, 15) is 9.59 Å². The Hall–Kier alpha value is -3.88. The zero-order chi connectivity index (χ0) is 28.9. The Bertz CT molecular complexity index is 1310. The molecule has 1 aromatic heterocycles. The van der Waals surface area contributed by atoms with Gasteiger partial charge in [-0.3, -0.25) is 9.59 Å². The number of carbonyl (C=O) groups excluding carboxylic acids is 2. The number of hydrogen-bond donors (Lipinski definition) is 3. The molecule has 0 radical (unpaired) electrons.